The minimum Gasteiger partial charge on any atom is -0.383 e. The fourth-order valence-corrected chi connectivity index (χ4v) is 4.16. The Balaban J connectivity index is 1.45. The number of halogens is 1. The molecule has 0 bridgehead atoms. The van der Waals surface area contributed by atoms with Crippen LogP contribution in [0.4, 0.5) is 11.6 Å². The fourth-order valence-electron chi connectivity index (χ4n) is 3.12. The van der Waals surface area contributed by atoms with E-state index in [0.29, 0.717) is 28.6 Å². The van der Waals surface area contributed by atoms with Crippen molar-refractivity contribution in [2.75, 3.05) is 11.1 Å². The number of hydrogen-bond donors (Lipinski definition) is 2. The topological polar surface area (TPSA) is 107 Å². The van der Waals surface area contributed by atoms with Gasteiger partial charge in [-0.25, -0.2) is 14.6 Å². The molecule has 0 spiro atoms. The SMILES string of the molecule is Cc1ncsc1CNc1nc(-n2cc(-c3ccc4ccccc4n3)cn2)nc(N)c1Br. The van der Waals surface area contributed by atoms with Crippen LogP contribution >= 0.6 is 27.3 Å². The third-order valence-corrected chi connectivity index (χ3v) is 6.52. The van der Waals surface area contributed by atoms with Crippen molar-refractivity contribution in [1.29, 1.82) is 0 Å². The number of nitrogens with two attached hydrogens (primary N) is 1. The number of aromatic nitrogens is 6. The van der Waals surface area contributed by atoms with Crippen LogP contribution in [0.5, 0.6) is 0 Å². The molecular weight excluding hydrogens is 476 g/mol. The molecule has 0 saturated heterocycles. The number of fused-ring (bicyclic) bond motifs is 1. The Morgan fingerprint density at radius 1 is 1.13 bits per heavy atom. The zero-order chi connectivity index (χ0) is 21.4. The third-order valence-electron chi connectivity index (χ3n) is 4.81. The van der Waals surface area contributed by atoms with Gasteiger partial charge in [0.1, 0.15) is 16.1 Å². The highest BCUT2D eigenvalue weighted by molar-refractivity contribution is 9.10. The van der Waals surface area contributed by atoms with Crippen LogP contribution in [-0.2, 0) is 6.54 Å². The second kappa shape index (κ2) is 8.05. The smallest absolute Gasteiger partial charge is 0.254 e. The van der Waals surface area contributed by atoms with Crippen LogP contribution in [0.15, 0.2) is 58.8 Å². The molecule has 0 aliphatic heterocycles. The van der Waals surface area contributed by atoms with E-state index < -0.39 is 0 Å². The molecule has 8 nitrogen and oxygen atoms in total. The minimum absolute atomic E-state index is 0.328. The summed E-state index contributed by atoms with van der Waals surface area (Å²) in [5.41, 5.74) is 11.6. The molecule has 0 aliphatic carbocycles. The summed E-state index contributed by atoms with van der Waals surface area (Å²) >= 11 is 5.06. The molecule has 0 aliphatic rings. The summed E-state index contributed by atoms with van der Waals surface area (Å²) in [4.78, 5) is 19.1. The van der Waals surface area contributed by atoms with E-state index in [0.717, 1.165) is 32.7 Å². The lowest BCUT2D eigenvalue weighted by molar-refractivity contribution is 0.809. The van der Waals surface area contributed by atoms with Gasteiger partial charge in [-0.2, -0.15) is 15.1 Å². The predicted octanol–water partition coefficient (Wildman–Crippen LogP) is 4.60. The number of nitrogen functional groups attached to an aromatic ring is 1. The zero-order valence-corrected chi connectivity index (χ0v) is 18.9. The molecule has 5 rings (SSSR count). The van der Waals surface area contributed by atoms with Crippen LogP contribution in [0.25, 0.3) is 28.1 Å². The van der Waals surface area contributed by atoms with Gasteiger partial charge in [0, 0.05) is 22.0 Å². The van der Waals surface area contributed by atoms with Crippen molar-refractivity contribution >= 4 is 49.8 Å². The number of pyridine rings is 1. The summed E-state index contributed by atoms with van der Waals surface area (Å²) in [5.74, 6) is 1.29. The molecule has 4 heterocycles. The van der Waals surface area contributed by atoms with Crippen molar-refractivity contribution in [3.63, 3.8) is 0 Å². The molecular formula is C21H17BrN8S. The van der Waals surface area contributed by atoms with Gasteiger partial charge in [-0.05, 0) is 35.0 Å². The maximum Gasteiger partial charge on any atom is 0.254 e. The van der Waals surface area contributed by atoms with Gasteiger partial charge in [-0.15, -0.1) is 11.3 Å². The minimum atomic E-state index is 0.328. The molecule has 4 aromatic heterocycles. The van der Waals surface area contributed by atoms with Crippen molar-refractivity contribution in [1.82, 2.24) is 29.7 Å². The van der Waals surface area contributed by atoms with E-state index in [9.17, 15) is 0 Å². The van der Waals surface area contributed by atoms with Crippen LogP contribution in [-0.4, -0.2) is 29.7 Å². The largest absolute Gasteiger partial charge is 0.383 e. The van der Waals surface area contributed by atoms with Gasteiger partial charge >= 0.3 is 0 Å². The summed E-state index contributed by atoms with van der Waals surface area (Å²) in [6, 6.07) is 12.0. The number of rotatable bonds is 5. The van der Waals surface area contributed by atoms with E-state index in [1.54, 1.807) is 22.2 Å². The molecule has 0 unspecified atom stereocenters. The molecule has 5 aromatic rings. The molecule has 1 aromatic carbocycles. The van der Waals surface area contributed by atoms with Crippen LogP contribution in [0.1, 0.15) is 10.6 Å². The number of anilines is 2. The van der Waals surface area contributed by atoms with E-state index in [2.05, 4.69) is 41.3 Å². The molecule has 0 radical (unpaired) electrons. The molecule has 3 N–H and O–H groups in total. The Kier molecular flexibility index (Phi) is 5.08. The van der Waals surface area contributed by atoms with E-state index in [1.807, 2.05) is 55.0 Å². The summed E-state index contributed by atoms with van der Waals surface area (Å²) in [5, 5.41) is 8.82. The molecule has 0 amide bonds. The monoisotopic (exact) mass is 492 g/mol. The molecule has 154 valence electrons. The van der Waals surface area contributed by atoms with E-state index in [1.165, 1.54) is 0 Å². The Labute approximate surface area is 190 Å². The van der Waals surface area contributed by atoms with Crippen molar-refractivity contribution in [3.8, 4) is 17.2 Å². The highest BCUT2D eigenvalue weighted by atomic mass is 79.9. The van der Waals surface area contributed by atoms with Crippen LogP contribution in [0.2, 0.25) is 0 Å². The van der Waals surface area contributed by atoms with Gasteiger partial charge in [0.2, 0.25) is 0 Å². The number of para-hydroxylation sites is 1. The van der Waals surface area contributed by atoms with Crippen molar-refractivity contribution < 1.29 is 0 Å². The first kappa shape index (κ1) is 19.6. The number of thiazole rings is 1. The van der Waals surface area contributed by atoms with Crippen molar-refractivity contribution in [3.05, 3.63) is 69.3 Å². The summed E-state index contributed by atoms with van der Waals surface area (Å²) in [6.07, 6.45) is 3.59. The number of nitrogens with zero attached hydrogens (tertiary/aromatic N) is 6. The molecule has 0 fully saturated rings. The van der Waals surface area contributed by atoms with Gasteiger partial charge in [0.05, 0.1) is 35.2 Å². The third kappa shape index (κ3) is 3.87. The lowest BCUT2D eigenvalue weighted by Crippen LogP contribution is -2.10. The van der Waals surface area contributed by atoms with E-state index in [4.69, 9.17) is 10.7 Å². The van der Waals surface area contributed by atoms with E-state index >= 15 is 0 Å². The number of nitrogens with one attached hydrogen (secondary N) is 1. The molecule has 0 saturated carbocycles. The van der Waals surface area contributed by atoms with E-state index in [-0.39, 0.29) is 0 Å². The fraction of sp³-hybridized carbons (Fsp3) is 0.0952. The molecule has 10 heteroatoms. The Morgan fingerprint density at radius 3 is 2.84 bits per heavy atom. The quantitative estimate of drug-likeness (QED) is 0.369. The standard InChI is InChI=1S/C21H17BrN8S/c1-12-17(31-11-25-12)9-24-20-18(22)19(23)28-21(29-20)30-10-14(8-26-30)16-7-6-13-4-2-3-5-15(13)27-16/h2-8,10-11H,9H2,1H3,(H3,23,24,28,29). The van der Waals surface area contributed by atoms with Crippen LogP contribution in [0, 0.1) is 6.92 Å². The lowest BCUT2D eigenvalue weighted by atomic mass is 10.1. The Bertz CT molecular complexity index is 1390. The maximum atomic E-state index is 6.12. The number of hydrogen-bond acceptors (Lipinski definition) is 8. The second-order valence-electron chi connectivity index (χ2n) is 6.85. The van der Waals surface area contributed by atoms with Gasteiger partial charge in [0.15, 0.2) is 0 Å². The first-order valence-corrected chi connectivity index (χ1v) is 11.1. The predicted molar refractivity (Wildman–Crippen MR) is 126 cm³/mol. The summed E-state index contributed by atoms with van der Waals surface area (Å²) in [6.45, 7) is 2.57. The van der Waals surface area contributed by atoms with Crippen molar-refractivity contribution in [2.45, 2.75) is 13.5 Å². The normalized spacial score (nSPS) is 11.2. The van der Waals surface area contributed by atoms with Gasteiger partial charge in [0.25, 0.3) is 5.95 Å². The maximum absolute atomic E-state index is 6.12. The number of aryl methyl sites for hydroxylation is 1. The molecule has 0 atom stereocenters. The highest BCUT2D eigenvalue weighted by Crippen LogP contribution is 2.28. The Hall–Kier alpha value is -3.37. The average molecular weight is 493 g/mol. The highest BCUT2D eigenvalue weighted by Gasteiger charge is 2.14. The van der Waals surface area contributed by atoms with Crippen LogP contribution in [0.3, 0.4) is 0 Å². The zero-order valence-electron chi connectivity index (χ0n) is 16.5. The second-order valence-corrected chi connectivity index (χ2v) is 8.58. The van der Waals surface area contributed by atoms with Gasteiger partial charge < -0.3 is 11.1 Å². The first-order chi connectivity index (χ1) is 15.1. The Morgan fingerprint density at radius 2 is 2.00 bits per heavy atom. The van der Waals surface area contributed by atoms with Gasteiger partial charge in [-0.3, -0.25) is 0 Å². The summed E-state index contributed by atoms with van der Waals surface area (Å²) < 4.78 is 2.21. The lowest BCUT2D eigenvalue weighted by Gasteiger charge is -2.10. The molecule has 31 heavy (non-hydrogen) atoms. The van der Waals surface area contributed by atoms with Crippen molar-refractivity contribution in [2.24, 2.45) is 0 Å². The summed E-state index contributed by atoms with van der Waals surface area (Å²) in [7, 11) is 0. The first-order valence-electron chi connectivity index (χ1n) is 9.45. The number of benzene rings is 1. The average Bonchev–Trinajstić information content (AvgIpc) is 3.44. The van der Waals surface area contributed by atoms with Gasteiger partial charge in [-0.1, -0.05) is 24.3 Å². The van der Waals surface area contributed by atoms with Crippen LogP contribution < -0.4 is 11.1 Å².